The van der Waals surface area contributed by atoms with Crippen LogP contribution in [0.15, 0.2) is 41.6 Å². The predicted octanol–water partition coefficient (Wildman–Crippen LogP) is 2.03. The first-order valence-electron chi connectivity index (χ1n) is 8.74. The van der Waals surface area contributed by atoms with Crippen molar-refractivity contribution in [2.24, 2.45) is 0 Å². The molecular formula is C17H21N3O7S. The molecule has 0 N–H and O–H groups in total. The third-order valence-corrected chi connectivity index (χ3v) is 5.50. The minimum atomic E-state index is -3.99. The highest BCUT2D eigenvalue weighted by molar-refractivity contribution is 7.86. The van der Waals surface area contributed by atoms with Crippen molar-refractivity contribution in [3.05, 3.63) is 52.3 Å². The lowest BCUT2D eigenvalue weighted by Crippen LogP contribution is -2.31. The van der Waals surface area contributed by atoms with Gasteiger partial charge in [-0.15, -0.1) is 0 Å². The summed E-state index contributed by atoms with van der Waals surface area (Å²) in [5, 5.41) is 11.1. The van der Waals surface area contributed by atoms with Gasteiger partial charge < -0.3 is 19.6 Å². The third kappa shape index (κ3) is 5.13. The molecule has 11 heteroatoms. The molecule has 2 unspecified atom stereocenters. The molecule has 0 saturated carbocycles. The second-order valence-electron chi connectivity index (χ2n) is 6.39. The highest BCUT2D eigenvalue weighted by atomic mass is 32.2. The van der Waals surface area contributed by atoms with Gasteiger partial charge in [-0.2, -0.15) is 8.42 Å². The zero-order valence-corrected chi connectivity index (χ0v) is 16.1. The summed E-state index contributed by atoms with van der Waals surface area (Å²) < 4.78 is 42.5. The Balaban J connectivity index is 1.72. The van der Waals surface area contributed by atoms with E-state index in [1.807, 2.05) is 6.92 Å². The van der Waals surface area contributed by atoms with Gasteiger partial charge in [-0.05, 0) is 30.4 Å². The Morgan fingerprint density at radius 2 is 2.14 bits per heavy atom. The Bertz CT molecular complexity index is 905. The van der Waals surface area contributed by atoms with Gasteiger partial charge in [0.15, 0.2) is 6.29 Å². The molecule has 2 heterocycles. The maximum atomic E-state index is 12.4. The summed E-state index contributed by atoms with van der Waals surface area (Å²) in [5.41, 5.74) is 0.922. The van der Waals surface area contributed by atoms with Gasteiger partial charge in [0, 0.05) is 13.0 Å². The lowest BCUT2D eigenvalue weighted by Gasteiger charge is -2.21. The van der Waals surface area contributed by atoms with Gasteiger partial charge in [0.2, 0.25) is 0 Å². The van der Waals surface area contributed by atoms with Crippen molar-refractivity contribution in [2.45, 2.75) is 43.6 Å². The van der Waals surface area contributed by atoms with Crippen molar-refractivity contribution in [2.75, 3.05) is 13.2 Å². The van der Waals surface area contributed by atoms with Crippen LogP contribution >= 0.6 is 0 Å². The molecule has 1 saturated heterocycles. The first kappa shape index (κ1) is 20.4. The van der Waals surface area contributed by atoms with Crippen LogP contribution in [0.4, 0.5) is 5.95 Å². The second kappa shape index (κ2) is 8.78. The van der Waals surface area contributed by atoms with Gasteiger partial charge in [0.25, 0.3) is 10.1 Å². The fraction of sp³-hybridized carbons (Fsp3) is 0.471. The van der Waals surface area contributed by atoms with Crippen molar-refractivity contribution in [1.82, 2.24) is 9.55 Å². The normalized spacial score (nSPS) is 18.2. The average molecular weight is 411 g/mol. The molecule has 10 nitrogen and oxygen atoms in total. The number of nitrogens with zero attached hydrogens (tertiary/aromatic N) is 3. The Kier molecular flexibility index (Phi) is 6.39. The lowest BCUT2D eigenvalue weighted by molar-refractivity contribution is -0.397. The largest absolute Gasteiger partial charge is 0.434 e. The number of rotatable bonds is 9. The minimum absolute atomic E-state index is 0.000406. The number of nitro groups is 1. The quantitative estimate of drug-likeness (QED) is 0.349. The number of ether oxygens (including phenoxy) is 2. The smallest absolute Gasteiger partial charge is 0.390 e. The molecule has 1 aliphatic heterocycles. The summed E-state index contributed by atoms with van der Waals surface area (Å²) >= 11 is 0. The van der Waals surface area contributed by atoms with Crippen LogP contribution in [0.2, 0.25) is 0 Å². The van der Waals surface area contributed by atoms with Gasteiger partial charge in [-0.25, -0.2) is 4.57 Å². The molecule has 0 amide bonds. The molecule has 0 bridgehead atoms. The molecule has 0 radical (unpaired) electrons. The van der Waals surface area contributed by atoms with Crippen LogP contribution in [0, 0.1) is 17.0 Å². The van der Waals surface area contributed by atoms with E-state index in [0.29, 0.717) is 13.0 Å². The summed E-state index contributed by atoms with van der Waals surface area (Å²) in [6.07, 6.45) is 2.93. The molecule has 1 aliphatic rings. The zero-order valence-electron chi connectivity index (χ0n) is 15.3. The SMILES string of the molecule is Cc1ccc(S(=O)(=O)OCC(Cn2ccnc2[N+](=O)[O-])OC2CCCO2)cc1. The third-order valence-electron chi connectivity index (χ3n) is 4.21. The van der Waals surface area contributed by atoms with E-state index in [2.05, 4.69) is 4.98 Å². The van der Waals surface area contributed by atoms with Crippen LogP contribution in [0.5, 0.6) is 0 Å². The molecule has 1 aromatic heterocycles. The van der Waals surface area contributed by atoms with Crippen LogP contribution in [0.25, 0.3) is 0 Å². The Morgan fingerprint density at radius 1 is 1.39 bits per heavy atom. The van der Waals surface area contributed by atoms with Gasteiger partial charge in [0.1, 0.15) is 25.0 Å². The van der Waals surface area contributed by atoms with Crippen molar-refractivity contribution in [3.63, 3.8) is 0 Å². The van der Waals surface area contributed by atoms with Crippen molar-refractivity contribution in [3.8, 4) is 0 Å². The second-order valence-corrected chi connectivity index (χ2v) is 8.00. The first-order valence-corrected chi connectivity index (χ1v) is 10.1. The molecule has 0 spiro atoms. The number of hydrogen-bond acceptors (Lipinski definition) is 8. The van der Waals surface area contributed by atoms with Gasteiger partial charge in [0.05, 0.1) is 11.5 Å². The molecule has 1 fully saturated rings. The molecular weight excluding hydrogens is 390 g/mol. The van der Waals surface area contributed by atoms with Crippen LogP contribution < -0.4 is 0 Å². The van der Waals surface area contributed by atoms with E-state index in [-0.39, 0.29) is 24.0 Å². The van der Waals surface area contributed by atoms with E-state index in [0.717, 1.165) is 12.0 Å². The number of hydrogen-bond donors (Lipinski definition) is 0. The standard InChI is InChI=1S/C17H21N3O7S/c1-13-4-6-15(7-5-13)28(23,24)26-12-14(27-16-3-2-10-25-16)11-19-9-8-18-17(19)20(21)22/h4-9,14,16H,2-3,10-12H2,1H3. The van der Waals surface area contributed by atoms with Gasteiger partial charge >= 0.3 is 5.95 Å². The van der Waals surface area contributed by atoms with Crippen LogP contribution in [0.1, 0.15) is 18.4 Å². The number of aromatic nitrogens is 2. The predicted molar refractivity (Wildman–Crippen MR) is 97.0 cm³/mol. The number of benzene rings is 1. The summed E-state index contributed by atoms with van der Waals surface area (Å²) in [7, 11) is -3.99. The molecule has 0 aliphatic carbocycles. The molecule has 28 heavy (non-hydrogen) atoms. The number of imidazole rings is 1. The molecule has 2 atom stereocenters. The zero-order chi connectivity index (χ0) is 20.1. The minimum Gasteiger partial charge on any atom is -0.390 e. The summed E-state index contributed by atoms with van der Waals surface area (Å²) in [4.78, 5) is 14.2. The van der Waals surface area contributed by atoms with Gasteiger partial charge in [-0.1, -0.05) is 22.7 Å². The lowest BCUT2D eigenvalue weighted by atomic mass is 10.2. The number of aryl methyl sites for hydroxylation is 1. The van der Waals surface area contributed by atoms with Crippen LogP contribution in [0.3, 0.4) is 0 Å². The van der Waals surface area contributed by atoms with Crippen molar-refractivity contribution < 1.29 is 27.0 Å². The Hall–Kier alpha value is -2.34. The fourth-order valence-electron chi connectivity index (χ4n) is 2.78. The van der Waals surface area contributed by atoms with E-state index in [9.17, 15) is 18.5 Å². The van der Waals surface area contributed by atoms with E-state index in [1.165, 1.54) is 29.1 Å². The highest BCUT2D eigenvalue weighted by Gasteiger charge is 2.27. The average Bonchev–Trinajstić information content (AvgIpc) is 3.32. The maximum Gasteiger partial charge on any atom is 0.434 e. The van der Waals surface area contributed by atoms with E-state index in [4.69, 9.17) is 13.7 Å². The monoisotopic (exact) mass is 411 g/mol. The van der Waals surface area contributed by atoms with E-state index in [1.54, 1.807) is 12.1 Å². The van der Waals surface area contributed by atoms with E-state index >= 15 is 0 Å². The van der Waals surface area contributed by atoms with Gasteiger partial charge in [-0.3, -0.25) is 4.18 Å². The van der Waals surface area contributed by atoms with Crippen LogP contribution in [-0.2, 0) is 30.3 Å². The summed E-state index contributed by atoms with van der Waals surface area (Å²) in [5.74, 6) is -0.359. The van der Waals surface area contributed by atoms with Crippen LogP contribution in [-0.4, -0.2) is 48.5 Å². The maximum absolute atomic E-state index is 12.4. The Morgan fingerprint density at radius 3 is 2.79 bits per heavy atom. The molecule has 1 aromatic carbocycles. The van der Waals surface area contributed by atoms with E-state index < -0.39 is 27.4 Å². The fourth-order valence-corrected chi connectivity index (χ4v) is 3.72. The van der Waals surface area contributed by atoms with Crippen molar-refractivity contribution in [1.29, 1.82) is 0 Å². The molecule has 152 valence electrons. The molecule has 2 aromatic rings. The Labute approximate surface area is 162 Å². The van der Waals surface area contributed by atoms with Crippen molar-refractivity contribution >= 4 is 16.1 Å². The molecule has 3 rings (SSSR count). The summed E-state index contributed by atoms with van der Waals surface area (Å²) in [6, 6.07) is 6.26. The highest BCUT2D eigenvalue weighted by Crippen LogP contribution is 2.20. The first-order chi connectivity index (χ1) is 13.3. The summed E-state index contributed by atoms with van der Waals surface area (Å²) in [6.45, 7) is 2.08. The topological polar surface area (TPSA) is 123 Å².